The van der Waals surface area contributed by atoms with E-state index in [1.54, 1.807) is 13.8 Å². The lowest BCUT2D eigenvalue weighted by atomic mass is 9.95. The zero-order valence-electron chi connectivity index (χ0n) is 6.19. The second-order valence-electron chi connectivity index (χ2n) is 3.07. The Kier molecular flexibility index (Phi) is 2.68. The molecule has 0 saturated heterocycles. The number of hydrogen-bond donors (Lipinski definition) is 0. The van der Waals surface area contributed by atoms with Gasteiger partial charge in [0.1, 0.15) is 5.60 Å². The highest BCUT2D eigenvalue weighted by molar-refractivity contribution is 9.10. The van der Waals surface area contributed by atoms with Gasteiger partial charge in [0.2, 0.25) is 0 Å². The molecule has 0 aliphatic rings. The summed E-state index contributed by atoms with van der Waals surface area (Å²) >= 11 is 3.34. The molecule has 2 nitrogen and oxygen atoms in total. The Bertz CT molecular complexity index is 93.7. The highest BCUT2D eigenvalue weighted by atomic mass is 79.9. The van der Waals surface area contributed by atoms with Gasteiger partial charge in [0.15, 0.2) is 0 Å². The molecule has 0 heterocycles. The molecular weight excluding hydrogens is 184 g/mol. The van der Waals surface area contributed by atoms with E-state index >= 15 is 0 Å². The Labute approximate surface area is 64.3 Å². The minimum absolute atomic E-state index is 0.276. The summed E-state index contributed by atoms with van der Waals surface area (Å²) in [4.78, 5) is 4.01. The maximum absolute atomic E-state index is 10.1. The molecular formula is C6H12BrO2. The average molecular weight is 196 g/mol. The molecule has 0 saturated carbocycles. The lowest BCUT2D eigenvalue weighted by Gasteiger charge is -2.32. The van der Waals surface area contributed by atoms with E-state index in [9.17, 15) is 5.26 Å². The van der Waals surface area contributed by atoms with E-state index in [2.05, 4.69) is 20.8 Å². The van der Waals surface area contributed by atoms with Gasteiger partial charge in [-0.2, -0.15) is 4.89 Å². The maximum atomic E-state index is 10.1. The van der Waals surface area contributed by atoms with Crippen molar-refractivity contribution in [1.82, 2.24) is 0 Å². The summed E-state index contributed by atoms with van der Waals surface area (Å²) in [6, 6.07) is 0. The second kappa shape index (κ2) is 2.56. The van der Waals surface area contributed by atoms with Gasteiger partial charge in [-0.15, -0.1) is 0 Å². The van der Waals surface area contributed by atoms with Crippen LogP contribution in [0.1, 0.15) is 27.7 Å². The second-order valence-corrected chi connectivity index (χ2v) is 5.05. The van der Waals surface area contributed by atoms with Crippen LogP contribution in [0.15, 0.2) is 0 Å². The summed E-state index contributed by atoms with van der Waals surface area (Å²) in [5.74, 6) is 0. The molecule has 0 aromatic carbocycles. The van der Waals surface area contributed by atoms with Gasteiger partial charge < -0.3 is 0 Å². The van der Waals surface area contributed by atoms with Crippen molar-refractivity contribution in [3.05, 3.63) is 0 Å². The van der Waals surface area contributed by atoms with E-state index < -0.39 is 5.60 Å². The molecule has 0 aromatic heterocycles. The Morgan fingerprint density at radius 2 is 1.56 bits per heavy atom. The minimum Gasteiger partial charge on any atom is -0.196 e. The molecule has 0 aromatic rings. The van der Waals surface area contributed by atoms with Crippen LogP contribution in [-0.4, -0.2) is 9.93 Å². The van der Waals surface area contributed by atoms with Gasteiger partial charge in [-0.25, -0.2) is 0 Å². The van der Waals surface area contributed by atoms with E-state index in [4.69, 9.17) is 0 Å². The SMILES string of the molecule is CC(C)(Br)C(C)(C)O[O]. The highest BCUT2D eigenvalue weighted by Gasteiger charge is 2.36. The minimum atomic E-state index is -0.660. The molecule has 0 rings (SSSR count). The fourth-order valence-electron chi connectivity index (χ4n) is 0.0991. The molecule has 0 aliphatic heterocycles. The Morgan fingerprint density at radius 1 is 1.22 bits per heavy atom. The first-order chi connectivity index (χ1) is 3.81. The zero-order valence-corrected chi connectivity index (χ0v) is 7.78. The van der Waals surface area contributed by atoms with Crippen LogP contribution in [0, 0.1) is 0 Å². The van der Waals surface area contributed by atoms with Gasteiger partial charge in [-0.1, -0.05) is 15.9 Å². The van der Waals surface area contributed by atoms with Crippen LogP contribution in [-0.2, 0) is 10.1 Å². The standard InChI is InChI=1S/C6H12BrO2/c1-5(2,7)6(3,4)9-8/h1-4H3. The summed E-state index contributed by atoms with van der Waals surface area (Å²) in [6.45, 7) is 7.28. The van der Waals surface area contributed by atoms with Crippen molar-refractivity contribution in [2.24, 2.45) is 0 Å². The first-order valence-electron chi connectivity index (χ1n) is 2.81. The van der Waals surface area contributed by atoms with Crippen LogP contribution in [0.3, 0.4) is 0 Å². The third-order valence-corrected chi connectivity index (χ3v) is 2.59. The van der Waals surface area contributed by atoms with Crippen LogP contribution in [0.25, 0.3) is 0 Å². The lowest BCUT2D eigenvalue weighted by molar-refractivity contribution is -0.369. The maximum Gasteiger partial charge on any atom is 0.116 e. The normalized spacial score (nSPS) is 14.0. The third kappa shape index (κ3) is 2.24. The zero-order chi connectivity index (χ0) is 7.71. The van der Waals surface area contributed by atoms with Crippen LogP contribution in [0.5, 0.6) is 0 Å². The largest absolute Gasteiger partial charge is 0.196 e. The van der Waals surface area contributed by atoms with Crippen molar-refractivity contribution in [2.45, 2.75) is 37.6 Å². The van der Waals surface area contributed by atoms with E-state index in [1.165, 1.54) is 0 Å². The van der Waals surface area contributed by atoms with Gasteiger partial charge in [-0.05, 0) is 33.0 Å². The number of alkyl halides is 1. The highest BCUT2D eigenvalue weighted by Crippen LogP contribution is 2.32. The Balaban J connectivity index is 4.14. The van der Waals surface area contributed by atoms with Crippen molar-refractivity contribution < 1.29 is 10.1 Å². The van der Waals surface area contributed by atoms with Crippen molar-refractivity contribution in [3.8, 4) is 0 Å². The summed E-state index contributed by atoms with van der Waals surface area (Å²) in [7, 11) is 0. The average Bonchev–Trinajstić information content (AvgIpc) is 1.64. The van der Waals surface area contributed by atoms with Crippen molar-refractivity contribution in [2.75, 3.05) is 0 Å². The Morgan fingerprint density at radius 3 is 1.56 bits per heavy atom. The number of hydrogen-bond acceptors (Lipinski definition) is 1. The molecule has 0 amide bonds. The molecule has 0 fully saturated rings. The van der Waals surface area contributed by atoms with E-state index in [0.717, 1.165) is 0 Å². The first kappa shape index (κ1) is 9.40. The van der Waals surface area contributed by atoms with Crippen LogP contribution in [0.4, 0.5) is 0 Å². The summed E-state index contributed by atoms with van der Waals surface area (Å²) in [5.41, 5.74) is -0.660. The molecule has 0 spiro atoms. The molecule has 0 atom stereocenters. The third-order valence-electron chi connectivity index (χ3n) is 1.64. The van der Waals surface area contributed by atoms with Crippen molar-refractivity contribution >= 4 is 15.9 Å². The smallest absolute Gasteiger partial charge is 0.116 e. The molecule has 0 N–H and O–H groups in total. The first-order valence-corrected chi connectivity index (χ1v) is 3.60. The fraction of sp³-hybridized carbons (Fsp3) is 1.00. The quantitative estimate of drug-likeness (QED) is 0.378. The molecule has 0 bridgehead atoms. The monoisotopic (exact) mass is 195 g/mol. The molecule has 0 aliphatic carbocycles. The number of rotatable bonds is 2. The topological polar surface area (TPSA) is 29.1 Å². The van der Waals surface area contributed by atoms with Gasteiger partial charge in [-0.3, -0.25) is 0 Å². The van der Waals surface area contributed by atoms with Gasteiger partial charge >= 0.3 is 0 Å². The predicted octanol–water partition coefficient (Wildman–Crippen LogP) is 2.30. The van der Waals surface area contributed by atoms with Crippen molar-refractivity contribution in [1.29, 1.82) is 0 Å². The van der Waals surface area contributed by atoms with Crippen LogP contribution >= 0.6 is 15.9 Å². The lowest BCUT2D eigenvalue weighted by Crippen LogP contribution is -2.41. The van der Waals surface area contributed by atoms with Gasteiger partial charge in [0, 0.05) is 0 Å². The van der Waals surface area contributed by atoms with Gasteiger partial charge in [0.25, 0.3) is 0 Å². The molecule has 55 valence electrons. The Hall–Kier alpha value is 0.400. The fourth-order valence-corrected chi connectivity index (χ4v) is 0.165. The number of halogens is 1. The molecule has 1 radical (unpaired) electrons. The summed E-state index contributed by atoms with van der Waals surface area (Å²) < 4.78 is -0.276. The summed E-state index contributed by atoms with van der Waals surface area (Å²) in [5, 5.41) is 10.1. The molecule has 9 heavy (non-hydrogen) atoms. The predicted molar refractivity (Wildman–Crippen MR) is 38.9 cm³/mol. The van der Waals surface area contributed by atoms with Crippen molar-refractivity contribution in [3.63, 3.8) is 0 Å². The molecule has 0 unspecified atom stereocenters. The van der Waals surface area contributed by atoms with E-state index in [1.807, 2.05) is 13.8 Å². The van der Waals surface area contributed by atoms with Crippen LogP contribution in [0.2, 0.25) is 0 Å². The summed E-state index contributed by atoms with van der Waals surface area (Å²) in [6.07, 6.45) is 0. The van der Waals surface area contributed by atoms with E-state index in [0.29, 0.717) is 0 Å². The van der Waals surface area contributed by atoms with E-state index in [-0.39, 0.29) is 4.32 Å². The van der Waals surface area contributed by atoms with Gasteiger partial charge in [0.05, 0.1) is 4.32 Å². The van der Waals surface area contributed by atoms with Crippen LogP contribution < -0.4 is 0 Å². The molecule has 3 heteroatoms.